The fraction of sp³-hybridized carbons (Fsp3) is 0.154. The van der Waals surface area contributed by atoms with Gasteiger partial charge in [-0.15, -0.1) is 0 Å². The zero-order valence-corrected chi connectivity index (χ0v) is 10.4. The number of hydrogen-bond donors (Lipinski definition) is 1. The second-order valence-corrected chi connectivity index (χ2v) is 4.24. The van der Waals surface area contributed by atoms with Gasteiger partial charge in [-0.25, -0.2) is 4.98 Å². The van der Waals surface area contributed by atoms with Gasteiger partial charge in [-0.1, -0.05) is 0 Å². The number of rotatable bonds is 3. The molecule has 19 heavy (non-hydrogen) atoms. The van der Waals surface area contributed by atoms with Gasteiger partial charge in [0.05, 0.1) is 24.6 Å². The van der Waals surface area contributed by atoms with Crippen LogP contribution in [0.4, 0.5) is 0 Å². The zero-order valence-electron chi connectivity index (χ0n) is 10.4. The number of fused-ring (bicyclic) bond motifs is 1. The van der Waals surface area contributed by atoms with E-state index in [0.29, 0.717) is 12.2 Å². The number of aromatic nitrogens is 4. The summed E-state index contributed by atoms with van der Waals surface area (Å²) in [4.78, 5) is 20.2. The van der Waals surface area contributed by atoms with Crippen LogP contribution in [-0.2, 0) is 13.6 Å². The van der Waals surface area contributed by atoms with Crippen LogP contribution in [0.15, 0.2) is 43.1 Å². The minimum Gasteiger partial charge on any atom is -0.347 e. The van der Waals surface area contributed by atoms with Gasteiger partial charge in [0.2, 0.25) is 0 Å². The van der Waals surface area contributed by atoms with Crippen molar-refractivity contribution in [2.24, 2.45) is 7.05 Å². The summed E-state index contributed by atoms with van der Waals surface area (Å²) in [5, 5.41) is 2.88. The van der Waals surface area contributed by atoms with Gasteiger partial charge >= 0.3 is 0 Å². The first-order valence-electron chi connectivity index (χ1n) is 5.91. The summed E-state index contributed by atoms with van der Waals surface area (Å²) in [5.74, 6) is -0.100. The van der Waals surface area contributed by atoms with E-state index in [2.05, 4.69) is 15.3 Å². The van der Waals surface area contributed by atoms with E-state index >= 15 is 0 Å². The number of hydrogen-bond acceptors (Lipinski definition) is 3. The molecule has 6 nitrogen and oxygen atoms in total. The molecule has 0 unspecified atom stereocenters. The van der Waals surface area contributed by atoms with Crippen molar-refractivity contribution in [3.63, 3.8) is 0 Å². The first-order chi connectivity index (χ1) is 9.25. The maximum Gasteiger partial charge on any atom is 0.268 e. The third-order valence-electron chi connectivity index (χ3n) is 3.00. The molecule has 0 spiro atoms. The van der Waals surface area contributed by atoms with Gasteiger partial charge in [0.1, 0.15) is 5.69 Å². The van der Waals surface area contributed by atoms with Crippen LogP contribution in [0.5, 0.6) is 0 Å². The Bertz CT molecular complexity index is 727. The lowest BCUT2D eigenvalue weighted by atomic mass is 10.4. The van der Waals surface area contributed by atoms with Crippen molar-refractivity contribution in [1.29, 1.82) is 0 Å². The first-order valence-corrected chi connectivity index (χ1v) is 5.91. The lowest BCUT2D eigenvalue weighted by molar-refractivity contribution is 0.0942. The van der Waals surface area contributed by atoms with E-state index in [9.17, 15) is 4.79 Å². The lowest BCUT2D eigenvalue weighted by Crippen LogP contribution is -2.25. The summed E-state index contributed by atoms with van der Waals surface area (Å²) in [6.07, 6.45) is 8.78. The number of nitrogens with zero attached hydrogens (tertiary/aromatic N) is 4. The number of carbonyl (C=O) groups excluding carboxylic acids is 1. The van der Waals surface area contributed by atoms with Crippen molar-refractivity contribution in [2.75, 3.05) is 0 Å². The number of carbonyl (C=O) groups is 1. The van der Waals surface area contributed by atoms with Crippen LogP contribution >= 0.6 is 0 Å². The highest BCUT2D eigenvalue weighted by Gasteiger charge is 2.09. The van der Waals surface area contributed by atoms with Gasteiger partial charge in [0.15, 0.2) is 5.65 Å². The highest BCUT2D eigenvalue weighted by Crippen LogP contribution is 2.05. The molecule has 0 aliphatic heterocycles. The first kappa shape index (κ1) is 11.5. The van der Waals surface area contributed by atoms with Crippen molar-refractivity contribution < 1.29 is 4.79 Å². The monoisotopic (exact) mass is 255 g/mol. The number of nitrogens with one attached hydrogen (secondary N) is 1. The Morgan fingerprint density at radius 3 is 3.05 bits per heavy atom. The van der Waals surface area contributed by atoms with Crippen molar-refractivity contribution in [1.82, 2.24) is 24.3 Å². The van der Waals surface area contributed by atoms with Gasteiger partial charge in [-0.05, 0) is 12.1 Å². The molecule has 3 heterocycles. The van der Waals surface area contributed by atoms with E-state index in [4.69, 9.17) is 0 Å². The summed E-state index contributed by atoms with van der Waals surface area (Å²) >= 11 is 0. The van der Waals surface area contributed by atoms with Crippen LogP contribution in [0.2, 0.25) is 0 Å². The van der Waals surface area contributed by atoms with E-state index in [1.54, 1.807) is 29.2 Å². The van der Waals surface area contributed by atoms with Gasteiger partial charge in [-0.2, -0.15) is 0 Å². The molecule has 3 aromatic heterocycles. The normalized spacial score (nSPS) is 10.8. The number of aryl methyl sites for hydroxylation is 1. The fourth-order valence-electron chi connectivity index (χ4n) is 1.98. The molecule has 96 valence electrons. The van der Waals surface area contributed by atoms with Crippen molar-refractivity contribution in [3.8, 4) is 0 Å². The highest BCUT2D eigenvalue weighted by atomic mass is 16.1. The van der Waals surface area contributed by atoms with Gasteiger partial charge < -0.3 is 9.88 Å². The predicted octanol–water partition coefficient (Wildman–Crippen LogP) is 0.998. The molecule has 0 atom stereocenters. The molecule has 0 radical (unpaired) electrons. The molecule has 0 aliphatic rings. The van der Waals surface area contributed by atoms with E-state index in [-0.39, 0.29) is 5.91 Å². The zero-order chi connectivity index (χ0) is 13.2. The number of amides is 1. The minimum absolute atomic E-state index is 0.100. The third-order valence-corrected chi connectivity index (χ3v) is 3.00. The minimum atomic E-state index is -0.100. The van der Waals surface area contributed by atoms with Crippen LogP contribution in [0, 0.1) is 0 Å². The Balaban J connectivity index is 1.76. The molecule has 0 aliphatic carbocycles. The molecule has 3 aromatic rings. The summed E-state index contributed by atoms with van der Waals surface area (Å²) in [6.45, 7) is 0.426. The van der Waals surface area contributed by atoms with E-state index < -0.39 is 0 Å². The Labute approximate surface area is 109 Å². The Hall–Kier alpha value is -2.63. The van der Waals surface area contributed by atoms with Crippen molar-refractivity contribution >= 4 is 11.6 Å². The smallest absolute Gasteiger partial charge is 0.268 e. The quantitative estimate of drug-likeness (QED) is 0.759. The molecule has 6 heteroatoms. The van der Waals surface area contributed by atoms with Crippen LogP contribution in [-0.4, -0.2) is 24.8 Å². The van der Waals surface area contributed by atoms with E-state index in [1.165, 1.54) is 0 Å². The lowest BCUT2D eigenvalue weighted by Gasteiger charge is -2.06. The second-order valence-electron chi connectivity index (χ2n) is 4.24. The molecule has 0 saturated carbocycles. The second kappa shape index (κ2) is 4.56. The average Bonchev–Trinajstić information content (AvgIpc) is 3.02. The summed E-state index contributed by atoms with van der Waals surface area (Å²) < 4.78 is 3.69. The van der Waals surface area contributed by atoms with E-state index in [0.717, 1.165) is 11.3 Å². The SMILES string of the molecule is Cn1cccc1C(=O)NCc1cnc2cnccn12. The Morgan fingerprint density at radius 1 is 1.37 bits per heavy atom. The maximum atomic E-state index is 12.0. The molecular formula is C13H13N5O. The van der Waals surface area contributed by atoms with Crippen LogP contribution in [0.1, 0.15) is 16.2 Å². The molecular weight excluding hydrogens is 242 g/mol. The topological polar surface area (TPSA) is 64.2 Å². The summed E-state index contributed by atoms with van der Waals surface area (Å²) in [5.41, 5.74) is 2.32. The Morgan fingerprint density at radius 2 is 2.26 bits per heavy atom. The molecule has 0 bridgehead atoms. The van der Waals surface area contributed by atoms with Crippen molar-refractivity contribution in [2.45, 2.75) is 6.54 Å². The molecule has 3 rings (SSSR count). The molecule has 1 amide bonds. The van der Waals surface area contributed by atoms with E-state index in [1.807, 2.05) is 29.9 Å². The standard InChI is InChI=1S/C13H13N5O/c1-17-5-2-3-11(17)13(19)16-8-10-7-15-12-9-14-4-6-18(10)12/h2-7,9H,8H2,1H3,(H,16,19). The molecule has 1 N–H and O–H groups in total. The number of imidazole rings is 1. The summed E-state index contributed by atoms with van der Waals surface area (Å²) in [6, 6.07) is 3.63. The van der Waals surface area contributed by atoms with Crippen LogP contribution < -0.4 is 5.32 Å². The molecule has 0 aromatic carbocycles. The average molecular weight is 255 g/mol. The highest BCUT2D eigenvalue weighted by molar-refractivity contribution is 5.92. The fourth-order valence-corrected chi connectivity index (χ4v) is 1.98. The predicted molar refractivity (Wildman–Crippen MR) is 69.6 cm³/mol. The third kappa shape index (κ3) is 2.08. The Kier molecular flexibility index (Phi) is 2.75. The summed E-state index contributed by atoms with van der Waals surface area (Å²) in [7, 11) is 1.84. The molecule has 0 saturated heterocycles. The van der Waals surface area contributed by atoms with Crippen LogP contribution in [0.3, 0.4) is 0 Å². The van der Waals surface area contributed by atoms with Crippen molar-refractivity contribution in [3.05, 3.63) is 54.5 Å². The van der Waals surface area contributed by atoms with Gasteiger partial charge in [-0.3, -0.25) is 14.2 Å². The van der Waals surface area contributed by atoms with Crippen LogP contribution in [0.25, 0.3) is 5.65 Å². The van der Waals surface area contributed by atoms with Gasteiger partial charge in [0.25, 0.3) is 5.91 Å². The van der Waals surface area contributed by atoms with Gasteiger partial charge in [0, 0.05) is 25.6 Å². The largest absolute Gasteiger partial charge is 0.347 e. The maximum absolute atomic E-state index is 12.0. The molecule has 0 fully saturated rings.